The molecule has 24 heavy (non-hydrogen) atoms. The highest BCUT2D eigenvalue weighted by Crippen LogP contribution is 2.30. The van der Waals surface area contributed by atoms with E-state index in [4.69, 9.17) is 4.74 Å². The zero-order valence-corrected chi connectivity index (χ0v) is 14.6. The van der Waals surface area contributed by atoms with Crippen LogP contribution in [0.2, 0.25) is 0 Å². The van der Waals surface area contributed by atoms with Gasteiger partial charge in [0.15, 0.2) is 5.75 Å². The summed E-state index contributed by atoms with van der Waals surface area (Å²) in [5, 5.41) is 13.7. The van der Waals surface area contributed by atoms with Crippen molar-refractivity contribution in [3.63, 3.8) is 0 Å². The van der Waals surface area contributed by atoms with Crippen LogP contribution in [0.4, 0.5) is 5.69 Å². The second-order valence-electron chi connectivity index (χ2n) is 4.81. The van der Waals surface area contributed by atoms with E-state index < -0.39 is 20.6 Å². The van der Waals surface area contributed by atoms with E-state index in [2.05, 4.69) is 5.32 Å². The molecule has 1 aromatic carbocycles. The molecule has 0 heterocycles. The van der Waals surface area contributed by atoms with Gasteiger partial charge in [-0.2, -0.15) is 4.31 Å². The summed E-state index contributed by atoms with van der Waals surface area (Å²) >= 11 is 0. The van der Waals surface area contributed by atoms with E-state index in [1.54, 1.807) is 13.8 Å². The van der Waals surface area contributed by atoms with Crippen LogP contribution in [0.1, 0.15) is 20.8 Å². The second-order valence-corrected chi connectivity index (χ2v) is 6.75. The van der Waals surface area contributed by atoms with Crippen molar-refractivity contribution in [2.24, 2.45) is 0 Å². The molecule has 0 fully saturated rings. The van der Waals surface area contributed by atoms with Crippen molar-refractivity contribution in [3.05, 3.63) is 28.3 Å². The zero-order chi connectivity index (χ0) is 18.3. The average Bonchev–Trinajstić information content (AvgIpc) is 2.52. The van der Waals surface area contributed by atoms with Crippen molar-refractivity contribution in [2.45, 2.75) is 25.7 Å². The maximum atomic E-state index is 12.4. The number of carbonyl (C=O) groups excluding carboxylic acids is 1. The molecular weight excluding hydrogens is 338 g/mol. The van der Waals surface area contributed by atoms with E-state index in [1.165, 1.54) is 23.4 Å². The number of nitrogens with zero attached hydrogens (tertiary/aromatic N) is 2. The van der Waals surface area contributed by atoms with Gasteiger partial charge in [0.2, 0.25) is 15.9 Å². The standard InChI is InChI=1S/C14H21N3O6S/c1-4-16(5-2)24(21,22)12-6-7-14(13(10-12)17(19)20)23-9-8-15-11(3)18/h6-7,10H,4-5,8-9H2,1-3H3,(H,15,18). The third kappa shape index (κ3) is 4.90. The lowest BCUT2D eigenvalue weighted by Crippen LogP contribution is -2.30. The minimum Gasteiger partial charge on any atom is -0.485 e. The van der Waals surface area contributed by atoms with Crippen LogP contribution in [-0.4, -0.2) is 49.8 Å². The summed E-state index contributed by atoms with van der Waals surface area (Å²) in [6, 6.07) is 3.51. The molecule has 0 atom stereocenters. The van der Waals surface area contributed by atoms with Gasteiger partial charge in [-0.1, -0.05) is 13.8 Å². The molecule has 0 spiro atoms. The first-order valence-electron chi connectivity index (χ1n) is 7.39. The van der Waals surface area contributed by atoms with Crippen LogP contribution in [0.15, 0.2) is 23.1 Å². The number of hydrogen-bond acceptors (Lipinski definition) is 6. The Bertz CT molecular complexity index is 700. The molecule has 0 bridgehead atoms. The molecule has 0 aromatic heterocycles. The molecule has 0 aliphatic heterocycles. The molecule has 1 amide bonds. The molecule has 0 saturated carbocycles. The molecule has 134 valence electrons. The highest BCUT2D eigenvalue weighted by atomic mass is 32.2. The largest absolute Gasteiger partial charge is 0.485 e. The van der Waals surface area contributed by atoms with Gasteiger partial charge < -0.3 is 10.1 Å². The fraction of sp³-hybridized carbons (Fsp3) is 0.500. The number of ether oxygens (including phenoxy) is 1. The Kier molecular flexibility index (Phi) is 7.11. The van der Waals surface area contributed by atoms with Crippen molar-refractivity contribution in [1.82, 2.24) is 9.62 Å². The Morgan fingerprint density at radius 2 is 1.96 bits per heavy atom. The first-order valence-corrected chi connectivity index (χ1v) is 8.83. The number of rotatable bonds is 9. The minimum atomic E-state index is -3.79. The number of nitro groups is 1. The maximum absolute atomic E-state index is 12.4. The summed E-state index contributed by atoms with van der Waals surface area (Å²) in [7, 11) is -3.79. The smallest absolute Gasteiger partial charge is 0.312 e. The molecule has 9 nitrogen and oxygen atoms in total. The summed E-state index contributed by atoms with van der Waals surface area (Å²) in [4.78, 5) is 21.1. The van der Waals surface area contributed by atoms with Crippen molar-refractivity contribution in [3.8, 4) is 5.75 Å². The van der Waals surface area contributed by atoms with Gasteiger partial charge in [-0.15, -0.1) is 0 Å². The summed E-state index contributed by atoms with van der Waals surface area (Å²) < 4.78 is 31.3. The number of carbonyl (C=O) groups is 1. The van der Waals surface area contributed by atoms with Crippen LogP contribution in [0.3, 0.4) is 0 Å². The van der Waals surface area contributed by atoms with Crippen molar-refractivity contribution in [1.29, 1.82) is 0 Å². The predicted molar refractivity (Wildman–Crippen MR) is 87.4 cm³/mol. The molecule has 1 N–H and O–H groups in total. The molecule has 10 heteroatoms. The van der Waals surface area contributed by atoms with Crippen LogP contribution in [-0.2, 0) is 14.8 Å². The van der Waals surface area contributed by atoms with Crippen LogP contribution in [0.5, 0.6) is 5.75 Å². The quantitative estimate of drug-likeness (QED) is 0.401. The molecule has 0 saturated heterocycles. The van der Waals surface area contributed by atoms with E-state index in [0.29, 0.717) is 0 Å². The minimum absolute atomic E-state index is 0.0303. The molecule has 1 rings (SSSR count). The van der Waals surface area contributed by atoms with Gasteiger partial charge in [-0.25, -0.2) is 8.42 Å². The first-order chi connectivity index (χ1) is 11.2. The van der Waals surface area contributed by atoms with Crippen molar-refractivity contribution in [2.75, 3.05) is 26.2 Å². The van der Waals surface area contributed by atoms with Gasteiger partial charge in [-0.3, -0.25) is 14.9 Å². The van der Waals surface area contributed by atoms with E-state index in [0.717, 1.165) is 6.07 Å². The number of nitro benzene ring substituents is 1. The third-order valence-electron chi connectivity index (χ3n) is 3.20. The lowest BCUT2D eigenvalue weighted by Gasteiger charge is -2.18. The molecule has 0 aliphatic carbocycles. The molecule has 1 aromatic rings. The van der Waals surface area contributed by atoms with Gasteiger partial charge in [-0.05, 0) is 12.1 Å². The van der Waals surface area contributed by atoms with Gasteiger partial charge in [0, 0.05) is 26.1 Å². The SMILES string of the molecule is CCN(CC)S(=O)(=O)c1ccc(OCCNC(C)=O)c([N+](=O)[O-])c1. The van der Waals surface area contributed by atoms with Gasteiger partial charge in [0.05, 0.1) is 16.4 Å². The average molecular weight is 359 g/mol. The number of sulfonamides is 1. The Balaban J connectivity index is 3.07. The monoisotopic (exact) mass is 359 g/mol. The topological polar surface area (TPSA) is 119 Å². The van der Waals surface area contributed by atoms with Crippen molar-refractivity contribution >= 4 is 21.6 Å². The van der Waals surface area contributed by atoms with E-state index in [9.17, 15) is 23.3 Å². The highest BCUT2D eigenvalue weighted by molar-refractivity contribution is 7.89. The van der Waals surface area contributed by atoms with E-state index in [1.807, 2.05) is 0 Å². The summed E-state index contributed by atoms with van der Waals surface area (Å²) in [6.45, 7) is 5.47. The van der Waals surface area contributed by atoms with Crippen LogP contribution in [0.25, 0.3) is 0 Å². The summed E-state index contributed by atoms with van der Waals surface area (Å²) in [6.07, 6.45) is 0. The van der Waals surface area contributed by atoms with Gasteiger partial charge >= 0.3 is 5.69 Å². The number of hydrogen-bond donors (Lipinski definition) is 1. The summed E-state index contributed by atoms with van der Waals surface area (Å²) in [5.74, 6) is -0.294. The number of benzene rings is 1. The molecule has 0 radical (unpaired) electrons. The molecular formula is C14H21N3O6S. The fourth-order valence-corrected chi connectivity index (χ4v) is 3.50. The third-order valence-corrected chi connectivity index (χ3v) is 5.25. The maximum Gasteiger partial charge on any atom is 0.312 e. The van der Waals surface area contributed by atoms with Gasteiger partial charge in [0.1, 0.15) is 6.61 Å². The zero-order valence-electron chi connectivity index (χ0n) is 13.8. The van der Waals surface area contributed by atoms with Crippen LogP contribution < -0.4 is 10.1 Å². The normalized spacial score (nSPS) is 11.3. The second kappa shape index (κ2) is 8.60. The van der Waals surface area contributed by atoms with E-state index >= 15 is 0 Å². The lowest BCUT2D eigenvalue weighted by molar-refractivity contribution is -0.386. The lowest BCUT2D eigenvalue weighted by atomic mass is 10.3. The molecule has 0 aliphatic rings. The highest BCUT2D eigenvalue weighted by Gasteiger charge is 2.26. The fourth-order valence-electron chi connectivity index (χ4n) is 2.02. The van der Waals surface area contributed by atoms with Crippen LogP contribution in [0, 0.1) is 10.1 Å². The van der Waals surface area contributed by atoms with Gasteiger partial charge in [0.25, 0.3) is 0 Å². The number of nitrogens with one attached hydrogen (secondary N) is 1. The van der Waals surface area contributed by atoms with E-state index in [-0.39, 0.29) is 42.8 Å². The van der Waals surface area contributed by atoms with Crippen molar-refractivity contribution < 1.29 is 22.9 Å². The number of amides is 1. The van der Waals surface area contributed by atoms with Crippen LogP contribution >= 0.6 is 0 Å². The summed E-state index contributed by atoms with van der Waals surface area (Å²) in [5.41, 5.74) is -0.439. The molecule has 0 unspecified atom stereocenters. The Labute approximate surface area is 140 Å². The Morgan fingerprint density at radius 3 is 2.46 bits per heavy atom. The Morgan fingerprint density at radius 1 is 1.33 bits per heavy atom. The first kappa shape index (κ1) is 19.8. The predicted octanol–water partition coefficient (Wildman–Crippen LogP) is 1.14. The Hall–Kier alpha value is -2.20.